The number of hydrogen-bond donors (Lipinski definition) is 1. The van der Waals surface area contributed by atoms with Crippen LogP contribution in [0.1, 0.15) is 34.1 Å². The molecule has 2 atom stereocenters. The van der Waals surface area contributed by atoms with E-state index in [0.717, 1.165) is 18.7 Å². The number of nitrogens with zero attached hydrogens (tertiary/aromatic N) is 6. The van der Waals surface area contributed by atoms with Crippen LogP contribution in [0.25, 0.3) is 0 Å². The van der Waals surface area contributed by atoms with E-state index in [0.29, 0.717) is 0 Å². The quantitative estimate of drug-likeness (QED) is 0.263. The number of allylic oxidation sites excluding steroid dienone is 1. The molecule has 0 heterocycles. The third kappa shape index (κ3) is 7.58. The first-order valence-electron chi connectivity index (χ1n) is 9.79. The molecule has 1 N–H and O–H groups in total. The molecule has 7 nitrogen and oxygen atoms in total. The Bertz CT molecular complexity index is 666. The molecule has 0 bridgehead atoms. The van der Waals surface area contributed by atoms with Crippen molar-refractivity contribution in [2.75, 3.05) is 45.0 Å². The average molecular weight is 388 g/mol. The molecule has 1 aromatic rings. The lowest BCUT2D eigenvalue weighted by Gasteiger charge is -2.26. The van der Waals surface area contributed by atoms with Crippen LogP contribution in [0.2, 0.25) is 0 Å². The first-order chi connectivity index (χ1) is 13.3. The normalized spacial score (nSPS) is 14.4. The highest BCUT2D eigenvalue weighted by atomic mass is 15.6. The molecule has 0 aliphatic carbocycles. The van der Waals surface area contributed by atoms with Crippen LogP contribution in [0.5, 0.6) is 0 Å². The second-order valence-corrected chi connectivity index (χ2v) is 7.10. The van der Waals surface area contributed by atoms with Crippen LogP contribution < -0.4 is 10.2 Å². The summed E-state index contributed by atoms with van der Waals surface area (Å²) in [5, 5.41) is 20.2. The van der Waals surface area contributed by atoms with Gasteiger partial charge in [-0.1, -0.05) is 29.0 Å². The van der Waals surface area contributed by atoms with E-state index in [4.69, 9.17) is 0 Å². The Morgan fingerprint density at radius 2 is 1.82 bits per heavy atom. The summed E-state index contributed by atoms with van der Waals surface area (Å²) >= 11 is 0. The minimum Gasteiger partial charge on any atom is -0.377 e. The lowest BCUT2D eigenvalue weighted by Crippen LogP contribution is -2.28. The molecule has 0 aliphatic heterocycles. The summed E-state index contributed by atoms with van der Waals surface area (Å²) in [7, 11) is 7.97. The second kappa shape index (κ2) is 12.0. The summed E-state index contributed by atoms with van der Waals surface area (Å²) in [5.41, 5.74) is 3.62. The van der Waals surface area contributed by atoms with Crippen molar-refractivity contribution in [1.29, 1.82) is 0 Å². The molecule has 7 heteroatoms. The number of hydrazone groups is 1. The second-order valence-electron chi connectivity index (χ2n) is 7.10. The van der Waals surface area contributed by atoms with E-state index in [-0.39, 0.29) is 12.2 Å². The molecule has 0 radical (unpaired) electrons. The summed E-state index contributed by atoms with van der Waals surface area (Å²) in [5.74, 6) is 0. The zero-order chi connectivity index (χ0) is 21.1. The van der Waals surface area contributed by atoms with Crippen molar-refractivity contribution in [3.05, 3.63) is 35.9 Å². The first-order valence-corrected chi connectivity index (χ1v) is 9.79. The molecule has 0 saturated heterocycles. The average Bonchev–Trinajstić information content (AvgIpc) is 2.68. The van der Waals surface area contributed by atoms with E-state index in [9.17, 15) is 0 Å². The van der Waals surface area contributed by atoms with Crippen molar-refractivity contribution in [2.45, 2.75) is 46.3 Å². The minimum atomic E-state index is -0.100. The molecule has 0 saturated carbocycles. The predicted molar refractivity (Wildman–Crippen MR) is 121 cm³/mol. The largest absolute Gasteiger partial charge is 0.377 e. The molecule has 2 unspecified atom stereocenters. The van der Waals surface area contributed by atoms with Gasteiger partial charge in [0.1, 0.15) is 0 Å². The van der Waals surface area contributed by atoms with Crippen LogP contribution in [-0.4, -0.2) is 63.2 Å². The van der Waals surface area contributed by atoms with E-state index in [1.165, 1.54) is 11.3 Å². The third-order valence-electron chi connectivity index (χ3n) is 4.67. The van der Waals surface area contributed by atoms with Gasteiger partial charge in [-0.05, 0) is 46.2 Å². The summed E-state index contributed by atoms with van der Waals surface area (Å²) in [6.45, 7) is 8.90. The predicted octanol–water partition coefficient (Wildman–Crippen LogP) is 4.47. The first kappa shape index (κ1) is 23.5. The minimum absolute atomic E-state index is 0.100. The van der Waals surface area contributed by atoms with E-state index >= 15 is 0 Å². The van der Waals surface area contributed by atoms with Crippen LogP contribution in [-0.2, 0) is 0 Å². The van der Waals surface area contributed by atoms with Crippen LogP contribution in [0.3, 0.4) is 0 Å². The number of benzene rings is 1. The highest BCUT2D eigenvalue weighted by molar-refractivity contribution is 5.70. The zero-order valence-corrected chi connectivity index (χ0v) is 18.7. The maximum Gasteiger partial charge on any atom is 0.156 e. The van der Waals surface area contributed by atoms with Gasteiger partial charge in [0.25, 0.3) is 0 Å². The van der Waals surface area contributed by atoms with Gasteiger partial charge in [0.2, 0.25) is 0 Å². The molecule has 156 valence electrons. The number of anilines is 2. The van der Waals surface area contributed by atoms with Crippen molar-refractivity contribution in [3.63, 3.8) is 0 Å². The van der Waals surface area contributed by atoms with Gasteiger partial charge in [-0.2, -0.15) is 5.10 Å². The Labute approximate surface area is 170 Å². The fourth-order valence-electron chi connectivity index (χ4n) is 2.67. The molecule has 0 aliphatic rings. The van der Waals surface area contributed by atoms with Gasteiger partial charge in [0, 0.05) is 47.0 Å². The van der Waals surface area contributed by atoms with E-state index in [1.54, 1.807) is 11.2 Å². The Balaban J connectivity index is 2.76. The van der Waals surface area contributed by atoms with E-state index < -0.39 is 0 Å². The summed E-state index contributed by atoms with van der Waals surface area (Å²) in [6, 6.07) is 8.61. The Hall–Kier alpha value is -2.57. The standard InChI is InChI=1S/C21H37N7/c1-9-17(3)19(23-20-13-11-12-14-21(20)26(5)6)15-16-27(7)25-24-18(4)28(8)22-10-2/h9-14,18-19,23H,15-16H2,1-8H3/b17-9+,22-10-,25-24?. The van der Waals surface area contributed by atoms with Crippen molar-refractivity contribution in [3.8, 4) is 0 Å². The monoisotopic (exact) mass is 387 g/mol. The van der Waals surface area contributed by atoms with Gasteiger partial charge in [-0.15, -0.1) is 5.11 Å². The number of hydrogen-bond acceptors (Lipinski definition) is 6. The Morgan fingerprint density at radius 3 is 2.43 bits per heavy atom. The van der Waals surface area contributed by atoms with Crippen molar-refractivity contribution in [1.82, 2.24) is 10.0 Å². The maximum atomic E-state index is 4.33. The number of nitrogens with one attached hydrogen (secondary N) is 1. The maximum absolute atomic E-state index is 4.33. The Kier molecular flexibility index (Phi) is 10.1. The van der Waals surface area contributed by atoms with Crippen LogP contribution in [0.15, 0.2) is 51.4 Å². The molecule has 0 spiro atoms. The summed E-state index contributed by atoms with van der Waals surface area (Å²) < 4.78 is 0. The molecule has 1 aromatic carbocycles. The molecule has 0 aromatic heterocycles. The summed E-state index contributed by atoms with van der Waals surface area (Å²) in [4.78, 5) is 2.13. The lowest BCUT2D eigenvalue weighted by atomic mass is 10.0. The third-order valence-corrected chi connectivity index (χ3v) is 4.67. The smallest absolute Gasteiger partial charge is 0.156 e. The van der Waals surface area contributed by atoms with Crippen LogP contribution in [0.4, 0.5) is 11.4 Å². The van der Waals surface area contributed by atoms with Crippen molar-refractivity contribution >= 4 is 17.6 Å². The number of para-hydroxylation sites is 2. The number of rotatable bonds is 11. The highest BCUT2D eigenvalue weighted by Gasteiger charge is 2.14. The SMILES string of the molecule is C/C=N\N(C)C(C)N=NN(C)CCC(Nc1ccccc1N(C)C)/C(C)=C/C. The van der Waals surface area contributed by atoms with Crippen molar-refractivity contribution < 1.29 is 0 Å². The van der Waals surface area contributed by atoms with Crippen LogP contribution in [0, 0.1) is 0 Å². The van der Waals surface area contributed by atoms with Gasteiger partial charge in [0.15, 0.2) is 6.17 Å². The van der Waals surface area contributed by atoms with Gasteiger partial charge in [0.05, 0.1) is 11.4 Å². The van der Waals surface area contributed by atoms with E-state index in [2.05, 4.69) is 83.9 Å². The van der Waals surface area contributed by atoms with Gasteiger partial charge in [-0.25, -0.2) is 0 Å². The fourth-order valence-corrected chi connectivity index (χ4v) is 2.67. The molecule has 0 amide bonds. The van der Waals surface area contributed by atoms with E-state index in [1.807, 2.05) is 33.0 Å². The van der Waals surface area contributed by atoms with Crippen LogP contribution >= 0.6 is 0 Å². The summed E-state index contributed by atoms with van der Waals surface area (Å²) in [6.07, 6.45) is 4.73. The topological polar surface area (TPSA) is 58.8 Å². The van der Waals surface area contributed by atoms with Crippen molar-refractivity contribution in [2.24, 2.45) is 15.4 Å². The molecule has 1 rings (SSSR count). The molecular formula is C21H37N7. The highest BCUT2D eigenvalue weighted by Crippen LogP contribution is 2.26. The van der Waals surface area contributed by atoms with Gasteiger partial charge >= 0.3 is 0 Å². The van der Waals surface area contributed by atoms with Gasteiger partial charge in [-0.3, -0.25) is 10.0 Å². The molecular weight excluding hydrogens is 350 g/mol. The zero-order valence-electron chi connectivity index (χ0n) is 18.7. The lowest BCUT2D eigenvalue weighted by molar-refractivity contribution is 0.239. The molecule has 0 fully saturated rings. The fraction of sp³-hybridized carbons (Fsp3) is 0.571. The Morgan fingerprint density at radius 1 is 1.14 bits per heavy atom. The molecule has 28 heavy (non-hydrogen) atoms. The van der Waals surface area contributed by atoms with Gasteiger partial charge < -0.3 is 10.2 Å².